The topological polar surface area (TPSA) is 271 Å². The molecule has 0 radical (unpaired) electrons. The van der Waals surface area contributed by atoms with E-state index in [1.165, 1.54) is 32.5 Å². The summed E-state index contributed by atoms with van der Waals surface area (Å²) in [6.45, 7) is 19.1. The summed E-state index contributed by atoms with van der Waals surface area (Å²) in [5.74, 6) is 5.22. The van der Waals surface area contributed by atoms with Gasteiger partial charge in [0, 0.05) is 128 Å². The van der Waals surface area contributed by atoms with Crippen molar-refractivity contribution in [2.75, 3.05) is 85.3 Å². The molecule has 0 unspecified atom stereocenters. The highest BCUT2D eigenvalue weighted by Gasteiger charge is 2.03. The molecule has 0 aliphatic heterocycles. The van der Waals surface area contributed by atoms with Crippen molar-refractivity contribution in [2.45, 2.75) is 27.7 Å². The first kappa shape index (κ1) is 59.3. The molecule has 0 aliphatic carbocycles. The molecule has 0 aromatic heterocycles. The summed E-state index contributed by atoms with van der Waals surface area (Å²) in [6, 6.07) is 0. The lowest BCUT2D eigenvalue weighted by Crippen LogP contribution is -2.22. The van der Waals surface area contributed by atoms with Crippen molar-refractivity contribution in [1.29, 1.82) is 0 Å². The first-order chi connectivity index (χ1) is 24.8. The van der Waals surface area contributed by atoms with Gasteiger partial charge in [0.15, 0.2) is 19.7 Å². The van der Waals surface area contributed by atoms with Crippen LogP contribution < -0.4 is 33.2 Å². The van der Waals surface area contributed by atoms with E-state index in [4.69, 9.17) is 30.1 Å². The molecule has 0 spiro atoms. The maximum absolute atomic E-state index is 10.9. The third kappa shape index (κ3) is 88.3. The molecule has 0 atom stereocenters. The van der Waals surface area contributed by atoms with Gasteiger partial charge in [0.05, 0.1) is 5.75 Å². The molecule has 15 nitrogen and oxygen atoms in total. The molecule has 0 saturated heterocycles. The first-order valence-corrected chi connectivity index (χ1v) is 24.9. The number of carbonyl (C=O) groups is 4. The Labute approximate surface area is 336 Å². The molecule has 0 rings (SSSR count). The lowest BCUT2D eigenvalue weighted by molar-refractivity contribution is -0.134. The Bertz CT molecular complexity index is 1090. The molecule has 0 heterocycles. The normalized spacial score (nSPS) is 9.80. The minimum atomic E-state index is -3.13. The standard InChI is InChI=1S/C8H15NO3S2.C6H14N2OS2.C4H12N2S2.C4H9NOS.C4H6O2S.C2H4O2.2H2/c1-3-14(11,12)7-6-13-5-4-9-8(2)10;1-6(9)8-3-5-11-10-4-2-7;5-1-3-7-8-4-2-6;1-4(6)5-2-3-7;1-3-7(5,6)4-2;1-2(3)4;;/h3H,1,4-7H2,2H3,(H,9,10);2-5,7H2,1H3,(H,8,9);1-6H2;7H,2-3H2,1H3,(H,5,6);3-4H,1-2H2;1H3,(H,3,4);2*1H/i;;;;;;1+2D;1+2. The predicted molar refractivity (Wildman–Crippen MR) is 235 cm³/mol. The predicted octanol–water partition coefficient (Wildman–Crippen LogP) is 2.49. The number of hydrogen-bond acceptors (Lipinski definition) is 17. The third-order valence-corrected chi connectivity index (χ3v) is 12.3. The van der Waals surface area contributed by atoms with Gasteiger partial charge in [0.2, 0.25) is 17.7 Å². The van der Waals surface area contributed by atoms with E-state index in [0.29, 0.717) is 24.6 Å². The van der Waals surface area contributed by atoms with Crippen LogP contribution >= 0.6 is 67.6 Å². The molecule has 0 bridgehead atoms. The Balaban J connectivity index is -0.0000000801. The van der Waals surface area contributed by atoms with E-state index in [2.05, 4.69) is 48.3 Å². The van der Waals surface area contributed by atoms with Gasteiger partial charge in [-0.05, 0) is 0 Å². The quantitative estimate of drug-likeness (QED) is 0.0441. The van der Waals surface area contributed by atoms with Crippen LogP contribution in [0.15, 0.2) is 36.0 Å². The van der Waals surface area contributed by atoms with E-state index in [1.807, 2.05) is 0 Å². The van der Waals surface area contributed by atoms with Crippen molar-refractivity contribution in [2.24, 2.45) is 17.2 Å². The summed E-state index contributed by atoms with van der Waals surface area (Å²) in [5, 5.41) is 18.0. The van der Waals surface area contributed by atoms with Gasteiger partial charge in [-0.15, -0.1) is 0 Å². The molecule has 0 fully saturated rings. The molecule has 308 valence electrons. The summed E-state index contributed by atoms with van der Waals surface area (Å²) >= 11 is 5.38. The zero-order chi connectivity index (χ0) is 43.0. The van der Waals surface area contributed by atoms with Crippen LogP contribution in [0.4, 0.5) is 0 Å². The van der Waals surface area contributed by atoms with Crippen molar-refractivity contribution in [3.8, 4) is 0 Å². The summed E-state index contributed by atoms with van der Waals surface area (Å²) in [5.41, 5.74) is 15.8. The fourth-order valence-electron chi connectivity index (χ4n) is 1.61. The molecule has 0 aromatic rings. The van der Waals surface area contributed by atoms with Crippen LogP contribution in [-0.2, 0) is 38.9 Å². The Hall–Kier alpha value is -1.02. The van der Waals surface area contributed by atoms with E-state index >= 15 is 0 Å². The van der Waals surface area contributed by atoms with E-state index in [9.17, 15) is 31.2 Å². The number of thiol groups is 1. The Morgan fingerprint density at radius 3 is 1.27 bits per heavy atom. The monoisotopic (exact) mass is 889 g/mol. The summed E-state index contributed by atoms with van der Waals surface area (Å²) in [4.78, 5) is 39.9. The molecule has 23 heteroatoms. The van der Waals surface area contributed by atoms with Gasteiger partial charge in [0.1, 0.15) is 0 Å². The molecule has 51 heavy (non-hydrogen) atoms. The highest BCUT2D eigenvalue weighted by molar-refractivity contribution is 8.77. The number of hydrogen-bond donors (Lipinski definition) is 8. The molecular formula is C28H64N6O9S8. The molecular weight excluding hydrogens is 821 g/mol. The maximum Gasteiger partial charge on any atom is 0.300 e. The number of nitrogens with two attached hydrogens (primary N) is 3. The lowest BCUT2D eigenvalue weighted by atomic mass is 10.6. The number of amides is 3. The second kappa shape index (κ2) is 49.0. The average molecular weight is 890 g/mol. The van der Waals surface area contributed by atoms with Crippen LogP contribution in [-0.4, -0.2) is 131 Å². The Morgan fingerprint density at radius 2 is 1.02 bits per heavy atom. The van der Waals surface area contributed by atoms with Crippen LogP contribution in [0, 0.1) is 0 Å². The largest absolute Gasteiger partial charge is 0.481 e. The van der Waals surface area contributed by atoms with Crippen molar-refractivity contribution in [3.05, 3.63) is 36.0 Å². The second-order valence-electron chi connectivity index (χ2n) is 8.41. The number of nitrogens with one attached hydrogen (secondary N) is 3. The number of rotatable bonds is 22. The van der Waals surface area contributed by atoms with Crippen molar-refractivity contribution in [3.63, 3.8) is 0 Å². The van der Waals surface area contributed by atoms with Crippen LogP contribution in [0.25, 0.3) is 0 Å². The van der Waals surface area contributed by atoms with E-state index < -0.39 is 25.6 Å². The van der Waals surface area contributed by atoms with Gasteiger partial charge in [-0.25, -0.2) is 16.8 Å². The van der Waals surface area contributed by atoms with Gasteiger partial charge in [-0.3, -0.25) is 19.2 Å². The Morgan fingerprint density at radius 1 is 0.686 bits per heavy atom. The minimum absolute atomic E-state index is 0. The van der Waals surface area contributed by atoms with E-state index in [0.717, 1.165) is 78.1 Å². The fourth-order valence-corrected chi connectivity index (χ4v) is 7.35. The van der Waals surface area contributed by atoms with Gasteiger partial charge >= 0.3 is 0 Å². The number of carbonyl (C=O) groups excluding carboxylic acids is 3. The molecule has 0 saturated carbocycles. The second-order valence-corrected chi connectivity index (χ2v) is 19.4. The van der Waals surface area contributed by atoms with Crippen molar-refractivity contribution < 1.29 is 45.5 Å². The molecule has 0 aliphatic rings. The molecule has 3 amide bonds. The third-order valence-electron chi connectivity index (χ3n) is 3.67. The van der Waals surface area contributed by atoms with Gasteiger partial charge < -0.3 is 38.3 Å². The van der Waals surface area contributed by atoms with Gasteiger partial charge in [-0.2, -0.15) is 24.4 Å². The molecule has 0 aromatic carbocycles. The lowest BCUT2D eigenvalue weighted by Gasteiger charge is -2.01. The summed E-state index contributed by atoms with van der Waals surface area (Å²) < 4.78 is 52.1. The average Bonchev–Trinajstić information content (AvgIpc) is 3.10. The fraction of sp³-hybridized carbons (Fsp3) is 0.643. The van der Waals surface area contributed by atoms with Crippen molar-refractivity contribution in [1.82, 2.24) is 16.0 Å². The first-order valence-electron chi connectivity index (χ1n) is 15.8. The van der Waals surface area contributed by atoms with E-state index in [-0.39, 0.29) is 24.9 Å². The van der Waals surface area contributed by atoms with Crippen LogP contribution in [0.5, 0.6) is 0 Å². The smallest absolute Gasteiger partial charge is 0.300 e. The highest BCUT2D eigenvalue weighted by atomic mass is 33.1. The number of carboxylic acids is 1. The van der Waals surface area contributed by atoms with Gasteiger partial charge in [0.25, 0.3) is 5.97 Å². The molecule has 10 N–H and O–H groups in total. The SMILES string of the molecule is C=CS(=O)(=O)C=C.C=CS(=O)(=O)CCSCCNC(C)=O.CC(=O)NCCS.CC(=O)NCCSSCCN.CC(=O)O.NCCSSCCN.[2H][3H].[3HH]. The Kier molecular flexibility index (Phi) is 56.9. The summed E-state index contributed by atoms with van der Waals surface area (Å²) in [6.07, 6.45) is 0. The highest BCUT2D eigenvalue weighted by Crippen LogP contribution is 2.19. The zero-order valence-electron chi connectivity index (χ0n) is 32.0. The van der Waals surface area contributed by atoms with Crippen LogP contribution in [0.3, 0.4) is 0 Å². The number of sulfone groups is 2. The van der Waals surface area contributed by atoms with Crippen LogP contribution in [0.1, 0.15) is 32.1 Å². The summed E-state index contributed by atoms with van der Waals surface area (Å²) in [7, 11) is 0.869. The number of carboxylic acid groups (broad SMARTS) is 1. The zero-order valence-corrected chi connectivity index (χ0v) is 36.6. The van der Waals surface area contributed by atoms with Crippen molar-refractivity contribution >= 4 is 111 Å². The maximum atomic E-state index is 10.9. The van der Waals surface area contributed by atoms with E-state index in [1.54, 1.807) is 43.2 Å². The van der Waals surface area contributed by atoms with Gasteiger partial charge in [-0.1, -0.05) is 62.9 Å². The number of aliphatic carboxylic acids is 1. The number of thioether (sulfide) groups is 1. The van der Waals surface area contributed by atoms with Crippen LogP contribution in [0.2, 0.25) is 0 Å². The minimum Gasteiger partial charge on any atom is -0.481 e.